The third-order valence-corrected chi connectivity index (χ3v) is 5.25. The van der Waals surface area contributed by atoms with Gasteiger partial charge < -0.3 is 0 Å². The number of nitrogens with one attached hydrogen (secondary N) is 1. The molecular weight excluding hydrogens is 328 g/mol. The lowest BCUT2D eigenvalue weighted by Crippen LogP contribution is -2.50. The highest BCUT2D eigenvalue weighted by atomic mass is 32.2. The normalized spacial score (nSPS) is 19.4. The van der Waals surface area contributed by atoms with Crippen LogP contribution in [0, 0.1) is 0 Å². The van der Waals surface area contributed by atoms with E-state index < -0.39 is 0 Å². The average Bonchev–Trinajstić information content (AvgIpc) is 3.08. The summed E-state index contributed by atoms with van der Waals surface area (Å²) in [5, 5.41) is 13.6. The maximum absolute atomic E-state index is 12.7. The number of thiophene rings is 1. The van der Waals surface area contributed by atoms with Crippen LogP contribution in [-0.2, 0) is 4.79 Å². The van der Waals surface area contributed by atoms with Crippen LogP contribution in [-0.4, -0.2) is 21.8 Å². The molecule has 2 aliphatic heterocycles. The molecule has 2 aliphatic rings. The Morgan fingerprint density at radius 2 is 2.17 bits per heavy atom. The Bertz CT molecular complexity index is 904. The number of hydrogen-bond acceptors (Lipinski definition) is 6. The maximum atomic E-state index is 12.7. The second kappa shape index (κ2) is 5.82. The summed E-state index contributed by atoms with van der Waals surface area (Å²) in [5.74, 6) is 0.722. The van der Waals surface area contributed by atoms with Crippen molar-refractivity contribution in [3.05, 3.63) is 57.2 Å². The van der Waals surface area contributed by atoms with Crippen LogP contribution < -0.4 is 15.9 Å². The van der Waals surface area contributed by atoms with Crippen molar-refractivity contribution in [3.8, 4) is 0 Å². The van der Waals surface area contributed by atoms with E-state index in [-0.39, 0.29) is 12.1 Å². The molecule has 2 aromatic rings. The highest BCUT2D eigenvalue weighted by Gasteiger charge is 2.34. The Labute approximate surface area is 141 Å². The van der Waals surface area contributed by atoms with Crippen LogP contribution in [0.1, 0.15) is 18.0 Å². The van der Waals surface area contributed by atoms with E-state index in [1.165, 1.54) is 11.8 Å². The van der Waals surface area contributed by atoms with E-state index >= 15 is 0 Å². The molecule has 0 aliphatic carbocycles. The third-order valence-electron chi connectivity index (χ3n) is 3.59. The van der Waals surface area contributed by atoms with Gasteiger partial charge >= 0.3 is 0 Å². The first-order chi connectivity index (χ1) is 11.3. The number of amidine groups is 1. The Morgan fingerprint density at radius 1 is 1.30 bits per heavy atom. The van der Waals surface area contributed by atoms with Gasteiger partial charge in [-0.25, -0.2) is 5.01 Å². The Morgan fingerprint density at radius 3 is 2.96 bits per heavy atom. The third kappa shape index (κ3) is 2.46. The number of nitrogens with zero attached hydrogens (tertiary/aromatic N) is 3. The average molecular weight is 342 g/mol. The van der Waals surface area contributed by atoms with Gasteiger partial charge in [-0.2, -0.15) is 0 Å². The van der Waals surface area contributed by atoms with Gasteiger partial charge in [-0.15, -0.1) is 16.4 Å². The highest BCUT2D eigenvalue weighted by molar-refractivity contribution is 8.13. The summed E-state index contributed by atoms with van der Waals surface area (Å²) in [6.45, 7) is 2.03. The van der Waals surface area contributed by atoms with Gasteiger partial charge in [0.1, 0.15) is 5.70 Å². The lowest BCUT2D eigenvalue weighted by molar-refractivity contribution is -0.116. The summed E-state index contributed by atoms with van der Waals surface area (Å²) in [4.78, 5) is 18.6. The van der Waals surface area contributed by atoms with E-state index in [2.05, 4.69) is 10.4 Å². The van der Waals surface area contributed by atoms with Crippen LogP contribution in [0.15, 0.2) is 51.9 Å². The van der Waals surface area contributed by atoms with Crippen molar-refractivity contribution in [1.82, 2.24) is 10.3 Å². The smallest absolute Gasteiger partial charge is 0.276 e. The van der Waals surface area contributed by atoms with Crippen molar-refractivity contribution in [2.24, 2.45) is 10.1 Å². The lowest BCUT2D eigenvalue weighted by atomic mass is 10.1. The minimum atomic E-state index is -0.293. The Kier molecular flexibility index (Phi) is 3.66. The number of hydrogen-bond donors (Lipinski definition) is 1. The highest BCUT2D eigenvalue weighted by Crippen LogP contribution is 2.32. The second-order valence-corrected chi connectivity index (χ2v) is 7.25. The summed E-state index contributed by atoms with van der Waals surface area (Å²) < 4.78 is 0. The van der Waals surface area contributed by atoms with E-state index in [9.17, 15) is 4.79 Å². The second-order valence-electron chi connectivity index (χ2n) is 5.02. The summed E-state index contributed by atoms with van der Waals surface area (Å²) in [5.41, 5.74) is 0.564. The minimum Gasteiger partial charge on any atom is -0.298 e. The quantitative estimate of drug-likeness (QED) is 0.903. The summed E-state index contributed by atoms with van der Waals surface area (Å²) >= 11 is 3.14. The number of carbonyl (C=O) groups excluding carboxylic acids is 1. The lowest BCUT2D eigenvalue weighted by Gasteiger charge is -2.33. The topological polar surface area (TPSA) is 57.1 Å². The zero-order valence-electron chi connectivity index (χ0n) is 12.4. The van der Waals surface area contributed by atoms with E-state index in [0.717, 1.165) is 21.2 Å². The van der Waals surface area contributed by atoms with Crippen LogP contribution >= 0.6 is 23.1 Å². The van der Waals surface area contributed by atoms with Gasteiger partial charge in [0.25, 0.3) is 5.91 Å². The Hall–Kier alpha value is -2.12. The fourth-order valence-electron chi connectivity index (χ4n) is 2.65. The van der Waals surface area contributed by atoms with Crippen LogP contribution in [0.3, 0.4) is 0 Å². The molecule has 1 aromatic carbocycles. The summed E-state index contributed by atoms with van der Waals surface area (Å²) in [7, 11) is 0. The van der Waals surface area contributed by atoms with Gasteiger partial charge in [0.2, 0.25) is 0 Å². The zero-order valence-corrected chi connectivity index (χ0v) is 14.0. The fourth-order valence-corrected chi connectivity index (χ4v) is 3.98. The van der Waals surface area contributed by atoms with Gasteiger partial charge in [0.05, 0.1) is 10.2 Å². The fraction of sp³-hybridized carbons (Fsp3) is 0.188. The van der Waals surface area contributed by atoms with Gasteiger partial charge in [-0.05, 0) is 23.3 Å². The van der Waals surface area contributed by atoms with Crippen molar-refractivity contribution in [2.45, 2.75) is 13.1 Å². The van der Waals surface area contributed by atoms with E-state index in [4.69, 9.17) is 4.99 Å². The number of carbonyl (C=O) groups is 1. The van der Waals surface area contributed by atoms with E-state index in [1.54, 1.807) is 16.3 Å². The standard InChI is InChI=1S/C16H14N4OS2/c1-2-22-16-18-15(21)13-10-6-3-4-7-11(10)17-14(20(13)19-16)12-8-5-9-23-12/h3-9,14H,2H2,1H3,(H,18,19,21)/t14-/m0/s1. The molecule has 5 nitrogen and oxygen atoms in total. The van der Waals surface area contributed by atoms with Crippen LogP contribution in [0.25, 0.3) is 5.70 Å². The van der Waals surface area contributed by atoms with Crippen molar-refractivity contribution in [1.29, 1.82) is 0 Å². The number of fused-ring (bicyclic) bond motifs is 2. The van der Waals surface area contributed by atoms with Crippen molar-refractivity contribution in [2.75, 3.05) is 5.75 Å². The minimum absolute atomic E-state index is 0.125. The number of hydrazone groups is 1. The maximum Gasteiger partial charge on any atom is 0.276 e. The molecule has 0 fully saturated rings. The van der Waals surface area contributed by atoms with Crippen LogP contribution in [0.4, 0.5) is 0 Å². The number of benzene rings is 1. The van der Waals surface area contributed by atoms with Crippen LogP contribution in [0.5, 0.6) is 0 Å². The summed E-state index contributed by atoms with van der Waals surface area (Å²) in [6, 6.07) is 11.7. The molecule has 1 atom stereocenters. The van der Waals surface area contributed by atoms with Crippen molar-refractivity contribution < 1.29 is 4.79 Å². The van der Waals surface area contributed by atoms with Gasteiger partial charge in [-0.1, -0.05) is 43.0 Å². The Balaban J connectivity index is 1.96. The first kappa shape index (κ1) is 14.5. The molecule has 7 heteroatoms. The number of amides is 1. The molecule has 0 unspecified atom stereocenters. The predicted molar refractivity (Wildman–Crippen MR) is 93.2 cm³/mol. The van der Waals surface area contributed by atoms with Crippen LogP contribution in [0.2, 0.25) is 0 Å². The first-order valence-corrected chi connectivity index (χ1v) is 9.17. The molecule has 116 valence electrons. The molecule has 0 bridgehead atoms. The van der Waals surface area contributed by atoms with Gasteiger partial charge in [0.15, 0.2) is 11.3 Å². The molecule has 0 spiro atoms. The molecular formula is C16H14N4OS2. The monoisotopic (exact) mass is 342 g/mol. The molecule has 1 amide bonds. The van der Waals surface area contributed by atoms with Crippen molar-refractivity contribution >= 4 is 39.9 Å². The molecule has 3 heterocycles. The number of para-hydroxylation sites is 1. The summed E-state index contributed by atoms with van der Waals surface area (Å²) in [6.07, 6.45) is -0.293. The molecule has 23 heavy (non-hydrogen) atoms. The molecule has 1 N–H and O–H groups in total. The zero-order chi connectivity index (χ0) is 15.8. The first-order valence-electron chi connectivity index (χ1n) is 7.30. The molecule has 0 saturated heterocycles. The van der Waals surface area contributed by atoms with Gasteiger partial charge in [-0.3, -0.25) is 15.1 Å². The SMILES string of the molecule is CCSC1=NN2C(=c3ccccc3=N[C@@H]2c2cccs2)C(=O)N1. The predicted octanol–water partition coefficient (Wildman–Crippen LogP) is 1.64. The number of thioether (sulfide) groups is 1. The largest absolute Gasteiger partial charge is 0.298 e. The molecule has 1 aromatic heterocycles. The molecule has 4 rings (SSSR count). The van der Waals surface area contributed by atoms with Crippen molar-refractivity contribution in [3.63, 3.8) is 0 Å². The van der Waals surface area contributed by atoms with E-state index in [1.807, 2.05) is 48.7 Å². The molecule has 0 radical (unpaired) electrons. The van der Waals surface area contributed by atoms with E-state index in [0.29, 0.717) is 10.9 Å². The van der Waals surface area contributed by atoms with Gasteiger partial charge in [0, 0.05) is 5.22 Å². The molecule has 0 saturated carbocycles. The number of rotatable bonds is 2.